The minimum absolute atomic E-state index is 0.106. The molecule has 0 aliphatic carbocycles. The third-order valence-electron chi connectivity index (χ3n) is 6.42. The Hall–Kier alpha value is -3.54. The van der Waals surface area contributed by atoms with Gasteiger partial charge in [-0.1, -0.05) is 35.9 Å². The highest BCUT2D eigenvalue weighted by atomic mass is 32.2. The summed E-state index contributed by atoms with van der Waals surface area (Å²) >= 11 is 1.36. The van der Waals surface area contributed by atoms with Crippen LogP contribution in [0.5, 0.6) is 5.75 Å². The van der Waals surface area contributed by atoms with Crippen LogP contribution in [-0.2, 0) is 17.1 Å². The molecule has 8 heteroatoms. The molecule has 1 N–H and O–H groups in total. The highest BCUT2D eigenvalue weighted by molar-refractivity contribution is 8.03. The number of benzene rings is 2. The number of allylic oxidation sites excluding steroid dienone is 1. The molecule has 0 saturated carbocycles. The molecular formula is C26H24N4O3S. The average molecular weight is 473 g/mol. The molecule has 2 atom stereocenters. The molecule has 34 heavy (non-hydrogen) atoms. The summed E-state index contributed by atoms with van der Waals surface area (Å²) in [5.41, 5.74) is 2.53. The number of hydrogen-bond acceptors (Lipinski definition) is 6. The Bertz CT molecular complexity index is 1310. The lowest BCUT2D eigenvalue weighted by Gasteiger charge is -2.38. The molecule has 2 aliphatic heterocycles. The zero-order valence-electron chi connectivity index (χ0n) is 18.9. The van der Waals surface area contributed by atoms with Gasteiger partial charge in [0.1, 0.15) is 5.75 Å². The van der Waals surface area contributed by atoms with Crippen molar-refractivity contribution in [3.63, 3.8) is 0 Å². The van der Waals surface area contributed by atoms with E-state index >= 15 is 0 Å². The number of ether oxygens (including phenoxy) is 1. The topological polar surface area (TPSA) is 91.4 Å². The van der Waals surface area contributed by atoms with Crippen LogP contribution in [-0.4, -0.2) is 38.6 Å². The van der Waals surface area contributed by atoms with E-state index in [1.165, 1.54) is 16.7 Å². The molecule has 172 valence electrons. The second-order valence-electron chi connectivity index (χ2n) is 8.56. The Labute approximate surface area is 202 Å². The Kier molecular flexibility index (Phi) is 5.68. The standard InChI is InChI=1S/C26H24N4O3S/c1-17-4-7-20(8-5-17)26(32)16-34-25-22(14-27)21(13-24(31)30(25)26)18-6-9-23(33-2)19(12-18)15-29-11-3-10-28-29/h3-12,21,32H,13,15-16H2,1-2H3/t21-,26-/m1/s1. The van der Waals surface area contributed by atoms with E-state index in [0.29, 0.717) is 22.7 Å². The van der Waals surface area contributed by atoms with Crippen molar-refractivity contribution in [2.75, 3.05) is 12.9 Å². The fourth-order valence-electron chi connectivity index (χ4n) is 4.65. The van der Waals surface area contributed by atoms with Gasteiger partial charge in [-0.2, -0.15) is 10.4 Å². The number of hydrogen-bond donors (Lipinski definition) is 1. The maximum Gasteiger partial charge on any atom is 0.231 e. The van der Waals surface area contributed by atoms with Gasteiger partial charge in [-0.3, -0.25) is 14.4 Å². The van der Waals surface area contributed by atoms with E-state index in [9.17, 15) is 15.2 Å². The van der Waals surface area contributed by atoms with Crippen LogP contribution in [0.1, 0.15) is 34.6 Å². The van der Waals surface area contributed by atoms with Gasteiger partial charge in [-0.15, -0.1) is 11.8 Å². The van der Waals surface area contributed by atoms with Gasteiger partial charge in [0, 0.05) is 35.9 Å². The minimum atomic E-state index is -1.47. The highest BCUT2D eigenvalue weighted by Gasteiger charge is 2.51. The van der Waals surface area contributed by atoms with Gasteiger partial charge in [-0.05, 0) is 30.7 Å². The number of nitriles is 1. The average Bonchev–Trinajstić information content (AvgIpc) is 3.48. The predicted octanol–water partition coefficient (Wildman–Crippen LogP) is 3.89. The van der Waals surface area contributed by atoms with Crippen LogP contribution in [0.15, 0.2) is 71.5 Å². The predicted molar refractivity (Wildman–Crippen MR) is 129 cm³/mol. The number of fused-ring (bicyclic) bond motifs is 1. The Morgan fingerprint density at radius 3 is 2.76 bits per heavy atom. The number of methoxy groups -OCH3 is 1. The molecule has 7 nitrogen and oxygen atoms in total. The summed E-state index contributed by atoms with van der Waals surface area (Å²) < 4.78 is 7.33. The molecule has 0 bridgehead atoms. The number of carbonyl (C=O) groups is 1. The van der Waals surface area contributed by atoms with Crippen molar-refractivity contribution >= 4 is 17.7 Å². The maximum atomic E-state index is 13.4. The lowest BCUT2D eigenvalue weighted by atomic mass is 9.84. The number of amides is 1. The third kappa shape index (κ3) is 3.67. The largest absolute Gasteiger partial charge is 0.496 e. The third-order valence-corrected chi connectivity index (χ3v) is 7.65. The summed E-state index contributed by atoms with van der Waals surface area (Å²) in [4.78, 5) is 14.8. The van der Waals surface area contributed by atoms with Crippen LogP contribution in [0.4, 0.5) is 0 Å². The second kappa shape index (κ2) is 8.67. The van der Waals surface area contributed by atoms with Crippen molar-refractivity contribution in [3.8, 4) is 11.8 Å². The molecule has 0 unspecified atom stereocenters. The smallest absolute Gasteiger partial charge is 0.231 e. The molecule has 0 spiro atoms. The summed E-state index contributed by atoms with van der Waals surface area (Å²) in [6.07, 6.45) is 3.70. The molecule has 3 heterocycles. The number of thioether (sulfide) groups is 1. The van der Waals surface area contributed by atoms with E-state index in [-0.39, 0.29) is 24.0 Å². The molecule has 2 aliphatic rings. The van der Waals surface area contributed by atoms with Crippen molar-refractivity contribution in [1.82, 2.24) is 14.7 Å². The number of carbonyl (C=O) groups excluding carboxylic acids is 1. The SMILES string of the molecule is COc1ccc([C@H]2CC(=O)N3C(=C2C#N)SC[C@@]3(O)c2ccc(C)cc2)cc1Cn1cccn1. The Morgan fingerprint density at radius 1 is 1.29 bits per heavy atom. The molecule has 1 fully saturated rings. The number of aryl methyl sites for hydroxylation is 1. The van der Waals surface area contributed by atoms with Crippen molar-refractivity contribution in [3.05, 3.63) is 93.8 Å². The number of nitrogens with zero attached hydrogens (tertiary/aromatic N) is 4. The summed E-state index contributed by atoms with van der Waals surface area (Å²) in [5, 5.41) is 26.5. The molecule has 2 aromatic carbocycles. The van der Waals surface area contributed by atoms with Gasteiger partial charge in [-0.25, -0.2) is 0 Å². The van der Waals surface area contributed by atoms with Crippen molar-refractivity contribution in [2.24, 2.45) is 0 Å². The van der Waals surface area contributed by atoms with E-state index < -0.39 is 5.72 Å². The molecule has 1 aromatic heterocycles. The second-order valence-corrected chi connectivity index (χ2v) is 9.53. The normalized spacial score (nSPS) is 22.0. The van der Waals surface area contributed by atoms with Crippen LogP contribution in [0, 0.1) is 18.3 Å². The lowest BCUT2D eigenvalue weighted by molar-refractivity contribution is -0.149. The van der Waals surface area contributed by atoms with Gasteiger partial charge in [0.15, 0.2) is 5.72 Å². The first-order chi connectivity index (χ1) is 16.4. The van der Waals surface area contributed by atoms with E-state index in [2.05, 4.69) is 11.2 Å². The number of rotatable bonds is 5. The quantitative estimate of drug-likeness (QED) is 0.606. The van der Waals surface area contributed by atoms with E-state index in [4.69, 9.17) is 4.74 Å². The molecule has 0 radical (unpaired) electrons. The van der Waals surface area contributed by atoms with Gasteiger partial charge in [0.05, 0.1) is 36.1 Å². The van der Waals surface area contributed by atoms with E-state index in [1.807, 2.05) is 61.7 Å². The van der Waals surface area contributed by atoms with Crippen molar-refractivity contribution in [1.29, 1.82) is 5.26 Å². The molecule has 1 amide bonds. The molecule has 3 aromatic rings. The minimum Gasteiger partial charge on any atom is -0.496 e. The van der Waals surface area contributed by atoms with Gasteiger partial charge in [0.2, 0.25) is 5.91 Å². The summed E-state index contributed by atoms with van der Waals surface area (Å²) in [6, 6.07) is 17.5. The summed E-state index contributed by atoms with van der Waals surface area (Å²) in [5.74, 6) is 0.413. The van der Waals surface area contributed by atoms with Gasteiger partial charge in [0.25, 0.3) is 0 Å². The first-order valence-electron chi connectivity index (χ1n) is 11.0. The fourth-order valence-corrected chi connectivity index (χ4v) is 6.01. The Balaban J connectivity index is 1.54. The monoisotopic (exact) mass is 472 g/mol. The molecular weight excluding hydrogens is 448 g/mol. The van der Waals surface area contributed by atoms with E-state index in [0.717, 1.165) is 22.4 Å². The molecule has 5 rings (SSSR count). The van der Waals surface area contributed by atoms with Crippen molar-refractivity contribution in [2.45, 2.75) is 31.5 Å². The number of aliphatic hydroxyl groups is 1. The van der Waals surface area contributed by atoms with Crippen LogP contribution in [0.2, 0.25) is 0 Å². The van der Waals surface area contributed by atoms with E-state index in [1.54, 1.807) is 18.0 Å². The number of aromatic nitrogens is 2. The maximum absolute atomic E-state index is 13.4. The van der Waals surface area contributed by atoms with Crippen molar-refractivity contribution < 1.29 is 14.6 Å². The van der Waals surface area contributed by atoms with Crippen LogP contribution < -0.4 is 4.74 Å². The first kappa shape index (κ1) is 22.3. The van der Waals surface area contributed by atoms with Gasteiger partial charge >= 0.3 is 0 Å². The fraction of sp³-hybridized carbons (Fsp3) is 0.269. The molecule has 1 saturated heterocycles. The zero-order chi connectivity index (χ0) is 23.9. The highest BCUT2D eigenvalue weighted by Crippen LogP contribution is 2.51. The van der Waals surface area contributed by atoms with Gasteiger partial charge < -0.3 is 9.84 Å². The van der Waals surface area contributed by atoms with Crippen LogP contribution in [0.25, 0.3) is 0 Å². The summed E-state index contributed by atoms with van der Waals surface area (Å²) in [6.45, 7) is 2.49. The summed E-state index contributed by atoms with van der Waals surface area (Å²) in [7, 11) is 1.62. The first-order valence-corrected chi connectivity index (χ1v) is 12.0. The zero-order valence-corrected chi connectivity index (χ0v) is 19.7. The van der Waals surface area contributed by atoms with Crippen LogP contribution in [0.3, 0.4) is 0 Å². The van der Waals surface area contributed by atoms with Crippen LogP contribution >= 0.6 is 11.8 Å². The Morgan fingerprint density at radius 2 is 2.09 bits per heavy atom. The lowest BCUT2D eigenvalue weighted by Crippen LogP contribution is -2.48.